The molecule has 1 fully saturated rings. The minimum absolute atomic E-state index is 0.153. The summed E-state index contributed by atoms with van der Waals surface area (Å²) in [5.41, 5.74) is 2.59. The number of H-pyrrole nitrogens is 1. The molecule has 3 aromatic rings. The number of aromatic amines is 1. The van der Waals surface area contributed by atoms with E-state index in [1.807, 2.05) is 19.1 Å². The first-order valence-corrected chi connectivity index (χ1v) is 11.8. The lowest BCUT2D eigenvalue weighted by atomic mass is 9.97. The van der Waals surface area contributed by atoms with Crippen molar-refractivity contribution in [3.8, 4) is 11.1 Å². The third-order valence-corrected chi connectivity index (χ3v) is 7.65. The number of nitrogens with one attached hydrogen (secondary N) is 2. The van der Waals surface area contributed by atoms with Gasteiger partial charge >= 0.3 is 0 Å². The molecule has 31 heavy (non-hydrogen) atoms. The predicted molar refractivity (Wildman–Crippen MR) is 120 cm³/mol. The molecule has 0 aliphatic carbocycles. The van der Waals surface area contributed by atoms with Gasteiger partial charge in [0.2, 0.25) is 15.9 Å². The van der Waals surface area contributed by atoms with Crippen LogP contribution in [0.15, 0.2) is 59.6 Å². The summed E-state index contributed by atoms with van der Waals surface area (Å²) >= 11 is 6.07. The van der Waals surface area contributed by atoms with Crippen molar-refractivity contribution in [2.24, 2.45) is 5.92 Å². The number of piperidine rings is 1. The van der Waals surface area contributed by atoms with Gasteiger partial charge in [0.25, 0.3) is 0 Å². The highest BCUT2D eigenvalue weighted by atomic mass is 35.5. The van der Waals surface area contributed by atoms with Crippen LogP contribution in [0.1, 0.15) is 18.4 Å². The highest BCUT2D eigenvalue weighted by molar-refractivity contribution is 7.89. The summed E-state index contributed by atoms with van der Waals surface area (Å²) in [5.74, 6) is 0.0712. The number of aromatic nitrogens is 2. The van der Waals surface area contributed by atoms with Crippen LogP contribution in [0.4, 0.5) is 5.82 Å². The van der Waals surface area contributed by atoms with Crippen molar-refractivity contribution in [1.82, 2.24) is 14.5 Å². The van der Waals surface area contributed by atoms with Gasteiger partial charge in [-0.1, -0.05) is 41.4 Å². The molecule has 1 aliphatic rings. The first-order chi connectivity index (χ1) is 14.8. The van der Waals surface area contributed by atoms with E-state index in [1.165, 1.54) is 4.31 Å². The summed E-state index contributed by atoms with van der Waals surface area (Å²) in [4.78, 5) is 13.1. The largest absolute Gasteiger partial charge is 0.310 e. The van der Waals surface area contributed by atoms with E-state index in [-0.39, 0.29) is 16.7 Å². The fraction of sp³-hybridized carbons (Fsp3) is 0.273. The maximum absolute atomic E-state index is 12.9. The van der Waals surface area contributed by atoms with Crippen LogP contribution in [0.2, 0.25) is 5.02 Å². The number of halogens is 1. The van der Waals surface area contributed by atoms with Crippen LogP contribution in [-0.2, 0) is 14.8 Å². The molecular weight excluding hydrogens is 436 g/mol. The first kappa shape index (κ1) is 21.5. The van der Waals surface area contributed by atoms with Gasteiger partial charge in [-0.2, -0.15) is 9.40 Å². The summed E-state index contributed by atoms with van der Waals surface area (Å²) in [6.45, 7) is 2.52. The molecule has 2 N–H and O–H groups in total. The van der Waals surface area contributed by atoms with Crippen molar-refractivity contribution in [2.75, 3.05) is 18.4 Å². The van der Waals surface area contributed by atoms with E-state index in [9.17, 15) is 13.2 Å². The Labute approximate surface area is 186 Å². The summed E-state index contributed by atoms with van der Waals surface area (Å²) in [7, 11) is -3.55. The Morgan fingerprint density at radius 3 is 2.55 bits per heavy atom. The highest BCUT2D eigenvalue weighted by Crippen LogP contribution is 2.30. The molecule has 9 heteroatoms. The van der Waals surface area contributed by atoms with Gasteiger partial charge in [-0.05, 0) is 49.6 Å². The van der Waals surface area contributed by atoms with E-state index >= 15 is 0 Å². The second-order valence-electron chi connectivity index (χ2n) is 7.65. The number of aryl methyl sites for hydroxylation is 1. The average molecular weight is 459 g/mol. The number of benzene rings is 2. The fourth-order valence-corrected chi connectivity index (χ4v) is 5.36. The van der Waals surface area contributed by atoms with E-state index in [2.05, 4.69) is 15.5 Å². The molecule has 0 radical (unpaired) electrons. The molecule has 1 saturated heterocycles. The minimum atomic E-state index is -3.55. The first-order valence-electron chi connectivity index (χ1n) is 10.0. The van der Waals surface area contributed by atoms with Gasteiger partial charge in [0, 0.05) is 29.6 Å². The number of rotatable bonds is 5. The number of anilines is 1. The third kappa shape index (κ3) is 4.66. The van der Waals surface area contributed by atoms with E-state index < -0.39 is 10.0 Å². The molecule has 4 rings (SSSR count). The molecule has 2 heterocycles. The molecule has 162 valence electrons. The number of carbonyl (C=O) groups is 1. The maximum Gasteiger partial charge on any atom is 0.243 e. The maximum atomic E-state index is 12.9. The standard InChI is InChI=1S/C22H23ClN4O3S/c1-15-5-7-19(8-6-15)31(29,30)27-11-9-16(10-12-27)22(28)25-21-20(14-24-26-21)17-3-2-4-18(23)13-17/h2-8,13-14,16H,9-12H2,1H3,(H2,24,25,26,28). The summed E-state index contributed by atoms with van der Waals surface area (Å²) in [6, 6.07) is 14.1. The second kappa shape index (κ2) is 8.82. The van der Waals surface area contributed by atoms with Crippen LogP contribution in [-0.4, -0.2) is 41.9 Å². The molecule has 1 amide bonds. The number of sulfonamides is 1. The van der Waals surface area contributed by atoms with Crippen molar-refractivity contribution in [1.29, 1.82) is 0 Å². The zero-order valence-electron chi connectivity index (χ0n) is 17.0. The number of nitrogens with zero attached hydrogens (tertiary/aromatic N) is 2. The second-order valence-corrected chi connectivity index (χ2v) is 10.0. The van der Waals surface area contributed by atoms with E-state index in [0.717, 1.165) is 16.7 Å². The Balaban J connectivity index is 1.41. The lowest BCUT2D eigenvalue weighted by Crippen LogP contribution is -2.41. The van der Waals surface area contributed by atoms with Gasteiger partial charge in [0.05, 0.1) is 11.1 Å². The van der Waals surface area contributed by atoms with Crippen molar-refractivity contribution in [3.05, 3.63) is 65.3 Å². The normalized spacial score (nSPS) is 15.7. The smallest absolute Gasteiger partial charge is 0.243 e. The molecule has 0 spiro atoms. The Kier molecular flexibility index (Phi) is 6.13. The quantitative estimate of drug-likeness (QED) is 0.602. The number of carbonyl (C=O) groups excluding carboxylic acids is 1. The molecule has 0 atom stereocenters. The molecule has 7 nitrogen and oxygen atoms in total. The monoisotopic (exact) mass is 458 g/mol. The van der Waals surface area contributed by atoms with Crippen molar-refractivity contribution in [2.45, 2.75) is 24.7 Å². The Morgan fingerprint density at radius 2 is 1.87 bits per heavy atom. The van der Waals surface area contributed by atoms with Crippen molar-refractivity contribution in [3.63, 3.8) is 0 Å². The van der Waals surface area contributed by atoms with Crippen LogP contribution in [0.3, 0.4) is 0 Å². The Hall–Kier alpha value is -2.68. The van der Waals surface area contributed by atoms with Crippen LogP contribution in [0.25, 0.3) is 11.1 Å². The van der Waals surface area contributed by atoms with Crippen LogP contribution in [0.5, 0.6) is 0 Å². The fourth-order valence-electron chi connectivity index (χ4n) is 3.70. The van der Waals surface area contributed by atoms with Gasteiger partial charge in [-0.3, -0.25) is 9.89 Å². The SMILES string of the molecule is Cc1ccc(S(=O)(=O)N2CCC(C(=O)Nc3[nH]ncc3-c3cccc(Cl)c3)CC2)cc1. The lowest BCUT2D eigenvalue weighted by molar-refractivity contribution is -0.120. The molecule has 2 aromatic carbocycles. The van der Waals surface area contributed by atoms with Crippen LogP contribution in [0, 0.1) is 12.8 Å². The number of amides is 1. The molecule has 0 unspecified atom stereocenters. The highest BCUT2D eigenvalue weighted by Gasteiger charge is 2.32. The van der Waals surface area contributed by atoms with E-state index in [0.29, 0.717) is 36.8 Å². The molecule has 0 saturated carbocycles. The van der Waals surface area contributed by atoms with Gasteiger partial charge < -0.3 is 5.32 Å². The third-order valence-electron chi connectivity index (χ3n) is 5.51. The lowest BCUT2D eigenvalue weighted by Gasteiger charge is -2.30. The van der Waals surface area contributed by atoms with Gasteiger partial charge in [0.1, 0.15) is 5.82 Å². The van der Waals surface area contributed by atoms with Crippen LogP contribution >= 0.6 is 11.6 Å². The van der Waals surface area contributed by atoms with Gasteiger partial charge in [0.15, 0.2) is 0 Å². The average Bonchev–Trinajstić information content (AvgIpc) is 3.22. The topological polar surface area (TPSA) is 95.2 Å². The van der Waals surface area contributed by atoms with E-state index in [1.54, 1.807) is 42.6 Å². The number of hydrogen-bond donors (Lipinski definition) is 2. The zero-order valence-corrected chi connectivity index (χ0v) is 18.6. The zero-order chi connectivity index (χ0) is 22.0. The summed E-state index contributed by atoms with van der Waals surface area (Å²) in [5, 5.41) is 10.4. The molecule has 1 aromatic heterocycles. The number of hydrogen-bond acceptors (Lipinski definition) is 4. The van der Waals surface area contributed by atoms with Crippen molar-refractivity contribution < 1.29 is 13.2 Å². The van der Waals surface area contributed by atoms with E-state index in [4.69, 9.17) is 11.6 Å². The van der Waals surface area contributed by atoms with Crippen molar-refractivity contribution >= 4 is 33.3 Å². The Bertz CT molecular complexity index is 1180. The summed E-state index contributed by atoms with van der Waals surface area (Å²) in [6.07, 6.45) is 2.55. The molecular formula is C22H23ClN4O3S. The predicted octanol–water partition coefficient (Wildman–Crippen LogP) is 4.08. The molecule has 1 aliphatic heterocycles. The van der Waals surface area contributed by atoms with Crippen LogP contribution < -0.4 is 5.32 Å². The van der Waals surface area contributed by atoms with Gasteiger partial charge in [-0.15, -0.1) is 0 Å². The molecule has 0 bridgehead atoms. The minimum Gasteiger partial charge on any atom is -0.310 e. The Morgan fingerprint density at radius 1 is 1.16 bits per heavy atom. The van der Waals surface area contributed by atoms with Gasteiger partial charge in [-0.25, -0.2) is 8.42 Å². The summed E-state index contributed by atoms with van der Waals surface area (Å²) < 4.78 is 27.2.